The third-order valence-electron chi connectivity index (χ3n) is 8.43. The Labute approximate surface area is 263 Å². The van der Waals surface area contributed by atoms with Gasteiger partial charge in [-0.15, -0.1) is 0 Å². The molecule has 0 aliphatic rings. The fraction of sp³-hybridized carbons (Fsp3) is 0. The van der Waals surface area contributed by atoms with E-state index in [4.69, 9.17) is 4.98 Å². The van der Waals surface area contributed by atoms with Crippen molar-refractivity contribution in [3.63, 3.8) is 0 Å². The number of fused-ring (bicyclic) bond motifs is 2. The zero-order valence-corrected chi connectivity index (χ0v) is 24.7. The first-order valence-corrected chi connectivity index (χ1v) is 15.3. The van der Waals surface area contributed by atoms with Gasteiger partial charge in [-0.25, -0.2) is 4.98 Å². The number of benzene rings is 7. The topological polar surface area (TPSA) is 16.1 Å². The van der Waals surface area contributed by atoms with Crippen LogP contribution < -0.4 is 4.90 Å². The van der Waals surface area contributed by atoms with Crippen LogP contribution in [0, 0.1) is 0 Å². The first kappa shape index (κ1) is 26.6. The van der Waals surface area contributed by atoms with Gasteiger partial charge >= 0.3 is 0 Å². The summed E-state index contributed by atoms with van der Waals surface area (Å²) < 4.78 is 0. The van der Waals surface area contributed by atoms with Crippen LogP contribution in [0.4, 0.5) is 17.1 Å². The van der Waals surface area contributed by atoms with E-state index in [0.29, 0.717) is 0 Å². The molecule has 0 bridgehead atoms. The Morgan fingerprint density at radius 2 is 0.844 bits per heavy atom. The molecular weight excluding hydrogens is 544 g/mol. The van der Waals surface area contributed by atoms with Crippen molar-refractivity contribution >= 4 is 38.7 Å². The van der Waals surface area contributed by atoms with Crippen LogP contribution in [0.1, 0.15) is 0 Å². The monoisotopic (exact) mass is 574 g/mol. The summed E-state index contributed by atoms with van der Waals surface area (Å²) in [7, 11) is 0. The Morgan fingerprint density at radius 1 is 0.333 bits per heavy atom. The molecule has 0 saturated heterocycles. The van der Waals surface area contributed by atoms with Crippen molar-refractivity contribution in [1.82, 2.24) is 4.98 Å². The van der Waals surface area contributed by atoms with Crippen LogP contribution >= 0.6 is 0 Å². The largest absolute Gasteiger partial charge is 0.310 e. The van der Waals surface area contributed by atoms with E-state index in [9.17, 15) is 0 Å². The third kappa shape index (κ3) is 5.24. The smallest absolute Gasteiger partial charge is 0.0788 e. The van der Waals surface area contributed by atoms with Crippen molar-refractivity contribution < 1.29 is 0 Å². The predicted octanol–water partition coefficient (Wildman–Crippen LogP) is 11.9. The van der Waals surface area contributed by atoms with Crippen molar-refractivity contribution in [2.75, 3.05) is 4.90 Å². The lowest BCUT2D eigenvalue weighted by Crippen LogP contribution is -2.10. The molecule has 1 heterocycles. The minimum Gasteiger partial charge on any atom is -0.310 e. The van der Waals surface area contributed by atoms with Gasteiger partial charge in [-0.3, -0.25) is 0 Å². The number of hydrogen-bond donors (Lipinski definition) is 0. The molecule has 0 unspecified atom stereocenters. The third-order valence-corrected chi connectivity index (χ3v) is 8.43. The SMILES string of the molecule is c1ccc(-c2ccc(N(c3ccc(-c4nc5ccccc5cc4-c4ccccc4)cc3)c3ccc4ccccc4c3)cc2)cc1. The van der Waals surface area contributed by atoms with Gasteiger partial charge in [0.25, 0.3) is 0 Å². The highest BCUT2D eigenvalue weighted by atomic mass is 15.1. The summed E-state index contributed by atoms with van der Waals surface area (Å²) in [5.41, 5.74) is 11.1. The highest BCUT2D eigenvalue weighted by molar-refractivity contribution is 5.93. The lowest BCUT2D eigenvalue weighted by molar-refractivity contribution is 1.29. The van der Waals surface area contributed by atoms with E-state index in [1.165, 1.54) is 21.9 Å². The van der Waals surface area contributed by atoms with E-state index in [0.717, 1.165) is 50.3 Å². The fourth-order valence-electron chi connectivity index (χ4n) is 6.14. The second-order valence-electron chi connectivity index (χ2n) is 11.3. The average molecular weight is 575 g/mol. The van der Waals surface area contributed by atoms with E-state index in [-0.39, 0.29) is 0 Å². The molecule has 0 saturated carbocycles. The molecule has 2 heteroatoms. The average Bonchev–Trinajstić information content (AvgIpc) is 3.12. The van der Waals surface area contributed by atoms with Crippen molar-refractivity contribution in [1.29, 1.82) is 0 Å². The molecule has 0 N–H and O–H groups in total. The zero-order valence-electron chi connectivity index (χ0n) is 24.7. The predicted molar refractivity (Wildman–Crippen MR) is 190 cm³/mol. The van der Waals surface area contributed by atoms with Crippen LogP contribution in [-0.4, -0.2) is 4.98 Å². The lowest BCUT2D eigenvalue weighted by Gasteiger charge is -2.26. The Hall–Kier alpha value is -5.99. The number of hydrogen-bond acceptors (Lipinski definition) is 2. The van der Waals surface area contributed by atoms with Crippen LogP contribution in [0.2, 0.25) is 0 Å². The highest BCUT2D eigenvalue weighted by Gasteiger charge is 2.16. The summed E-state index contributed by atoms with van der Waals surface area (Å²) in [5.74, 6) is 0. The van der Waals surface area contributed by atoms with Gasteiger partial charge in [-0.1, -0.05) is 133 Å². The molecule has 8 rings (SSSR count). The summed E-state index contributed by atoms with van der Waals surface area (Å²) in [6.07, 6.45) is 0. The zero-order chi connectivity index (χ0) is 30.0. The first-order chi connectivity index (χ1) is 22.3. The number of para-hydroxylation sites is 1. The van der Waals surface area contributed by atoms with Crippen LogP contribution in [0.25, 0.3) is 55.2 Å². The lowest BCUT2D eigenvalue weighted by atomic mass is 9.97. The van der Waals surface area contributed by atoms with Gasteiger partial charge < -0.3 is 4.90 Å². The van der Waals surface area contributed by atoms with Gasteiger partial charge in [-0.05, 0) is 76.0 Å². The number of nitrogens with zero attached hydrogens (tertiary/aromatic N) is 2. The molecule has 0 aliphatic carbocycles. The van der Waals surface area contributed by atoms with Crippen molar-refractivity contribution in [2.45, 2.75) is 0 Å². The molecular formula is C43H30N2. The minimum absolute atomic E-state index is 0.982. The molecule has 8 aromatic rings. The standard InChI is InChI=1S/C43H30N2/c1-3-11-31(12-4-1)33-19-24-38(25-20-33)45(40-28-21-32-13-7-8-16-36(32)29-40)39-26-22-35(23-27-39)43-41(34-14-5-2-6-15-34)30-37-17-9-10-18-42(37)44-43/h1-30H. The molecule has 212 valence electrons. The summed E-state index contributed by atoms with van der Waals surface area (Å²) in [6, 6.07) is 64.5. The molecule has 0 spiro atoms. The van der Waals surface area contributed by atoms with Gasteiger partial charge in [0.05, 0.1) is 11.2 Å². The molecule has 0 atom stereocenters. The first-order valence-electron chi connectivity index (χ1n) is 15.3. The molecule has 0 amide bonds. The molecule has 0 radical (unpaired) electrons. The van der Waals surface area contributed by atoms with Crippen LogP contribution in [-0.2, 0) is 0 Å². The molecule has 1 aromatic heterocycles. The van der Waals surface area contributed by atoms with Crippen molar-refractivity contribution in [3.05, 3.63) is 182 Å². The molecule has 45 heavy (non-hydrogen) atoms. The number of rotatable bonds is 6. The van der Waals surface area contributed by atoms with Gasteiger partial charge in [0.2, 0.25) is 0 Å². The Balaban J connectivity index is 1.24. The summed E-state index contributed by atoms with van der Waals surface area (Å²) in [4.78, 5) is 7.50. The fourth-order valence-corrected chi connectivity index (χ4v) is 6.14. The van der Waals surface area contributed by atoms with E-state index in [1.807, 2.05) is 0 Å². The normalized spacial score (nSPS) is 11.1. The maximum atomic E-state index is 5.17. The van der Waals surface area contributed by atoms with Crippen molar-refractivity contribution in [3.8, 4) is 33.5 Å². The highest BCUT2D eigenvalue weighted by Crippen LogP contribution is 2.39. The quantitative estimate of drug-likeness (QED) is 0.196. The van der Waals surface area contributed by atoms with Crippen LogP contribution in [0.5, 0.6) is 0 Å². The van der Waals surface area contributed by atoms with E-state index in [1.54, 1.807) is 0 Å². The molecule has 7 aromatic carbocycles. The Bertz CT molecular complexity index is 2240. The summed E-state index contributed by atoms with van der Waals surface area (Å²) in [5, 5.41) is 3.58. The maximum absolute atomic E-state index is 5.17. The van der Waals surface area contributed by atoms with E-state index in [2.05, 4.69) is 187 Å². The van der Waals surface area contributed by atoms with Crippen LogP contribution in [0.15, 0.2) is 182 Å². The van der Waals surface area contributed by atoms with Crippen molar-refractivity contribution in [2.24, 2.45) is 0 Å². The summed E-state index contributed by atoms with van der Waals surface area (Å²) in [6.45, 7) is 0. The van der Waals surface area contributed by atoms with Gasteiger partial charge in [0, 0.05) is 33.6 Å². The summed E-state index contributed by atoms with van der Waals surface area (Å²) >= 11 is 0. The van der Waals surface area contributed by atoms with Crippen LogP contribution in [0.3, 0.4) is 0 Å². The van der Waals surface area contributed by atoms with E-state index < -0.39 is 0 Å². The Morgan fingerprint density at radius 3 is 1.53 bits per heavy atom. The van der Waals surface area contributed by atoms with E-state index >= 15 is 0 Å². The van der Waals surface area contributed by atoms with Gasteiger partial charge in [0.1, 0.15) is 0 Å². The van der Waals surface area contributed by atoms with Gasteiger partial charge in [-0.2, -0.15) is 0 Å². The molecule has 0 fully saturated rings. The molecule has 2 nitrogen and oxygen atoms in total. The minimum atomic E-state index is 0.982. The maximum Gasteiger partial charge on any atom is 0.0788 e. The number of pyridine rings is 1. The second-order valence-corrected chi connectivity index (χ2v) is 11.3. The molecule has 0 aliphatic heterocycles. The number of anilines is 3. The Kier molecular flexibility index (Phi) is 6.86. The second kappa shape index (κ2) is 11.6. The number of aromatic nitrogens is 1. The van der Waals surface area contributed by atoms with Gasteiger partial charge in [0.15, 0.2) is 0 Å².